The number of nitrogen functional groups attached to an aromatic ring is 1. The van der Waals surface area contributed by atoms with Crippen molar-refractivity contribution >= 4 is 17.5 Å². The maximum absolute atomic E-state index is 13.4. The fourth-order valence-corrected chi connectivity index (χ4v) is 3.36. The number of aryl methyl sites for hydroxylation is 1. The van der Waals surface area contributed by atoms with Crippen LogP contribution in [0.25, 0.3) is 11.3 Å². The summed E-state index contributed by atoms with van der Waals surface area (Å²) in [4.78, 5) is 22.7. The lowest BCUT2D eigenvalue weighted by Gasteiger charge is -2.39. The lowest BCUT2D eigenvalue weighted by Crippen LogP contribution is -2.53. The summed E-state index contributed by atoms with van der Waals surface area (Å²) in [6.07, 6.45) is 5.43. The minimum Gasteiger partial charge on any atom is -0.396 e. The van der Waals surface area contributed by atoms with Gasteiger partial charge in [0.2, 0.25) is 0 Å². The third-order valence-electron chi connectivity index (χ3n) is 4.89. The number of halogens is 1. The Morgan fingerprint density at radius 3 is 2.86 bits per heavy atom. The molecule has 0 unspecified atom stereocenters. The first-order valence-corrected chi connectivity index (χ1v) is 9.04. The summed E-state index contributed by atoms with van der Waals surface area (Å²) in [7, 11) is 0. The van der Waals surface area contributed by atoms with E-state index < -0.39 is 0 Å². The number of likely N-dealkylation sites (tertiary alicyclic amines) is 1. The number of carbonyl (C=O) groups excluding carboxylic acids is 1. The predicted octanol–water partition coefficient (Wildman–Crippen LogP) is 3.14. The average molecular weight is 380 g/mol. The molecule has 2 amide bonds. The Morgan fingerprint density at radius 1 is 1.32 bits per heavy atom. The van der Waals surface area contributed by atoms with E-state index in [1.54, 1.807) is 35.6 Å². The Labute approximate surface area is 162 Å². The van der Waals surface area contributed by atoms with Crippen LogP contribution in [0.5, 0.6) is 0 Å². The third kappa shape index (κ3) is 3.66. The van der Waals surface area contributed by atoms with Crippen LogP contribution in [-0.2, 0) is 6.54 Å². The summed E-state index contributed by atoms with van der Waals surface area (Å²) in [6.45, 7) is 3.99. The number of amides is 2. The SMILES string of the molecule is Cc1cc(F)ccc1-c1ccc(N)c(NC(=O)N2CC(Cn3ccnc3)C2)n1. The molecule has 8 heteroatoms. The first kappa shape index (κ1) is 18.0. The summed E-state index contributed by atoms with van der Waals surface area (Å²) < 4.78 is 15.4. The summed E-state index contributed by atoms with van der Waals surface area (Å²) in [5.74, 6) is 0.413. The summed E-state index contributed by atoms with van der Waals surface area (Å²) in [5, 5.41) is 2.79. The monoisotopic (exact) mass is 380 g/mol. The Balaban J connectivity index is 1.42. The predicted molar refractivity (Wildman–Crippen MR) is 105 cm³/mol. The number of aromatic nitrogens is 3. The van der Waals surface area contributed by atoms with Gasteiger partial charge >= 0.3 is 6.03 Å². The number of nitrogens with zero attached hydrogens (tertiary/aromatic N) is 4. The van der Waals surface area contributed by atoms with Crippen LogP contribution in [0, 0.1) is 18.7 Å². The minimum atomic E-state index is -0.298. The maximum Gasteiger partial charge on any atom is 0.323 e. The number of carbonyl (C=O) groups is 1. The van der Waals surface area contributed by atoms with E-state index in [0.717, 1.165) is 17.7 Å². The van der Waals surface area contributed by atoms with Crippen molar-refractivity contribution in [2.24, 2.45) is 5.92 Å². The van der Waals surface area contributed by atoms with Gasteiger partial charge in [-0.1, -0.05) is 0 Å². The van der Waals surface area contributed by atoms with Gasteiger partial charge in [0.05, 0.1) is 17.7 Å². The van der Waals surface area contributed by atoms with E-state index in [4.69, 9.17) is 5.73 Å². The van der Waals surface area contributed by atoms with E-state index in [-0.39, 0.29) is 11.8 Å². The fourth-order valence-electron chi connectivity index (χ4n) is 3.36. The summed E-state index contributed by atoms with van der Waals surface area (Å²) in [6, 6.07) is 7.74. The van der Waals surface area contributed by atoms with Crippen molar-refractivity contribution in [1.82, 2.24) is 19.4 Å². The number of hydrogen-bond acceptors (Lipinski definition) is 4. The Bertz CT molecular complexity index is 998. The average Bonchev–Trinajstić information content (AvgIpc) is 3.13. The molecule has 3 N–H and O–H groups in total. The van der Waals surface area contributed by atoms with Crippen LogP contribution in [0.3, 0.4) is 0 Å². The quantitative estimate of drug-likeness (QED) is 0.728. The van der Waals surface area contributed by atoms with Gasteiger partial charge in [0.15, 0.2) is 5.82 Å². The molecule has 7 nitrogen and oxygen atoms in total. The van der Waals surface area contributed by atoms with Crippen molar-refractivity contribution in [3.63, 3.8) is 0 Å². The number of urea groups is 1. The first-order valence-electron chi connectivity index (χ1n) is 9.04. The van der Waals surface area contributed by atoms with Crippen LogP contribution in [0.2, 0.25) is 0 Å². The molecule has 0 radical (unpaired) electrons. The van der Waals surface area contributed by atoms with E-state index in [9.17, 15) is 9.18 Å². The van der Waals surface area contributed by atoms with Crippen molar-refractivity contribution in [3.05, 3.63) is 60.4 Å². The second-order valence-electron chi connectivity index (χ2n) is 7.05. The molecule has 144 valence electrons. The van der Waals surface area contributed by atoms with Gasteiger partial charge in [-0.3, -0.25) is 5.32 Å². The minimum absolute atomic E-state index is 0.228. The molecular formula is C20H21FN6O. The van der Waals surface area contributed by atoms with Gasteiger partial charge in [0, 0.05) is 43.5 Å². The van der Waals surface area contributed by atoms with Crippen LogP contribution in [-0.4, -0.2) is 38.6 Å². The zero-order valence-electron chi connectivity index (χ0n) is 15.5. The molecule has 1 aliphatic rings. The smallest absolute Gasteiger partial charge is 0.323 e. The van der Waals surface area contributed by atoms with Crippen LogP contribution < -0.4 is 11.1 Å². The standard InChI is InChI=1S/C20H21FN6O/c1-13-8-15(21)2-3-16(13)18-5-4-17(22)19(24-18)25-20(28)27-10-14(11-27)9-26-7-6-23-12-26/h2-8,12,14H,9-11,22H2,1H3,(H,24,25,28). The Hall–Kier alpha value is -3.42. The molecule has 28 heavy (non-hydrogen) atoms. The van der Waals surface area contributed by atoms with Gasteiger partial charge < -0.3 is 15.2 Å². The molecule has 0 bridgehead atoms. The van der Waals surface area contributed by atoms with Crippen molar-refractivity contribution < 1.29 is 9.18 Å². The van der Waals surface area contributed by atoms with Gasteiger partial charge in [-0.2, -0.15) is 0 Å². The van der Waals surface area contributed by atoms with Crippen LogP contribution >= 0.6 is 0 Å². The van der Waals surface area contributed by atoms with E-state index >= 15 is 0 Å². The van der Waals surface area contributed by atoms with Gasteiger partial charge in [-0.05, 0) is 42.8 Å². The molecule has 3 aromatic rings. The molecular weight excluding hydrogens is 359 g/mol. The van der Waals surface area contributed by atoms with Crippen LogP contribution in [0.1, 0.15) is 5.56 Å². The molecule has 4 rings (SSSR count). The highest BCUT2D eigenvalue weighted by molar-refractivity contribution is 5.92. The molecule has 0 atom stereocenters. The van der Waals surface area contributed by atoms with Crippen molar-refractivity contribution in [2.75, 3.05) is 24.1 Å². The van der Waals surface area contributed by atoms with Gasteiger partial charge in [0.25, 0.3) is 0 Å². The molecule has 0 aliphatic carbocycles. The number of benzene rings is 1. The number of hydrogen-bond donors (Lipinski definition) is 2. The lowest BCUT2D eigenvalue weighted by atomic mass is 10.0. The zero-order chi connectivity index (χ0) is 19.7. The third-order valence-corrected chi connectivity index (χ3v) is 4.89. The van der Waals surface area contributed by atoms with E-state index in [1.807, 2.05) is 17.7 Å². The van der Waals surface area contributed by atoms with Gasteiger partial charge in [0.1, 0.15) is 5.82 Å². The molecule has 0 spiro atoms. The zero-order valence-corrected chi connectivity index (χ0v) is 15.5. The molecule has 0 saturated carbocycles. The highest BCUT2D eigenvalue weighted by Crippen LogP contribution is 2.27. The van der Waals surface area contributed by atoms with Gasteiger partial charge in [-0.25, -0.2) is 19.2 Å². The maximum atomic E-state index is 13.4. The second kappa shape index (κ2) is 7.30. The van der Waals surface area contributed by atoms with Crippen molar-refractivity contribution in [2.45, 2.75) is 13.5 Å². The Kier molecular flexibility index (Phi) is 4.68. The number of rotatable bonds is 4. The van der Waals surface area contributed by atoms with E-state index in [2.05, 4.69) is 15.3 Å². The highest BCUT2D eigenvalue weighted by atomic mass is 19.1. The number of pyridine rings is 1. The molecule has 1 aromatic carbocycles. The number of nitrogens with one attached hydrogen (secondary N) is 1. The molecule has 1 saturated heterocycles. The number of nitrogens with two attached hydrogens (primary N) is 1. The highest BCUT2D eigenvalue weighted by Gasteiger charge is 2.31. The Morgan fingerprint density at radius 2 is 2.14 bits per heavy atom. The van der Waals surface area contributed by atoms with Crippen molar-refractivity contribution in [3.8, 4) is 11.3 Å². The largest absolute Gasteiger partial charge is 0.396 e. The topological polar surface area (TPSA) is 89.1 Å². The molecule has 1 fully saturated rings. The van der Waals surface area contributed by atoms with E-state index in [1.165, 1.54) is 12.1 Å². The summed E-state index contributed by atoms with van der Waals surface area (Å²) >= 11 is 0. The van der Waals surface area contributed by atoms with Gasteiger partial charge in [-0.15, -0.1) is 0 Å². The fraction of sp³-hybridized carbons (Fsp3) is 0.250. The second-order valence-corrected chi connectivity index (χ2v) is 7.05. The molecule has 2 aromatic heterocycles. The van der Waals surface area contributed by atoms with Crippen molar-refractivity contribution in [1.29, 1.82) is 0 Å². The summed E-state index contributed by atoms with van der Waals surface area (Å²) in [5.41, 5.74) is 8.56. The molecule has 1 aliphatic heterocycles. The molecule has 3 heterocycles. The number of imidazole rings is 1. The number of anilines is 2. The van der Waals surface area contributed by atoms with E-state index in [0.29, 0.717) is 36.2 Å². The normalized spacial score (nSPS) is 14.0. The lowest BCUT2D eigenvalue weighted by molar-refractivity contribution is 0.120. The first-order chi connectivity index (χ1) is 13.5. The van der Waals surface area contributed by atoms with Crippen LogP contribution in [0.4, 0.5) is 20.7 Å². The van der Waals surface area contributed by atoms with Crippen LogP contribution in [0.15, 0.2) is 49.1 Å².